The second-order valence-electron chi connectivity index (χ2n) is 4.48. The highest BCUT2D eigenvalue weighted by molar-refractivity contribution is 7.99. The molecule has 0 aliphatic carbocycles. The lowest BCUT2D eigenvalue weighted by molar-refractivity contribution is -0.137. The van der Waals surface area contributed by atoms with E-state index in [1.54, 1.807) is 6.07 Å². The molecule has 1 aromatic carbocycles. The largest absolute Gasteiger partial charge is 0.417 e. The van der Waals surface area contributed by atoms with E-state index >= 15 is 0 Å². The van der Waals surface area contributed by atoms with Crippen LogP contribution in [0, 0.1) is 17.2 Å². The Hall–Kier alpha value is -1.35. The van der Waals surface area contributed by atoms with Gasteiger partial charge in [0.1, 0.15) is 0 Å². The lowest BCUT2D eigenvalue weighted by Gasteiger charge is -2.13. The summed E-state index contributed by atoms with van der Waals surface area (Å²) in [6, 6.07) is 5.22. The van der Waals surface area contributed by atoms with Gasteiger partial charge in [-0.3, -0.25) is 0 Å². The number of hydrogen-bond acceptors (Lipinski definition) is 3. The minimum Gasteiger partial charge on any atom is -0.385 e. The maximum Gasteiger partial charge on any atom is 0.417 e. The first-order valence-electron chi connectivity index (χ1n) is 5.93. The van der Waals surface area contributed by atoms with E-state index in [0.717, 1.165) is 30.5 Å². The molecule has 0 aromatic heterocycles. The summed E-state index contributed by atoms with van der Waals surface area (Å²) in [6.07, 6.45) is -3.35. The average Bonchev–Trinajstić information content (AvgIpc) is 2.88. The molecule has 0 saturated carbocycles. The molecule has 1 saturated heterocycles. The maximum absolute atomic E-state index is 12.6. The van der Waals surface area contributed by atoms with E-state index in [4.69, 9.17) is 5.26 Å². The number of nitriles is 1. The Labute approximate surface area is 114 Å². The van der Waals surface area contributed by atoms with Crippen molar-refractivity contribution in [1.82, 2.24) is 0 Å². The molecule has 1 fully saturated rings. The minimum absolute atomic E-state index is 0.335. The Kier molecular flexibility index (Phi) is 4.25. The van der Waals surface area contributed by atoms with Crippen LogP contribution in [0.2, 0.25) is 0 Å². The molecule has 0 radical (unpaired) electrons. The predicted octanol–water partition coefficient (Wildman–Crippen LogP) is 3.74. The number of benzene rings is 1. The number of rotatable bonds is 3. The molecule has 2 rings (SSSR count). The first-order chi connectivity index (χ1) is 9.00. The molecule has 6 heteroatoms. The first-order valence-corrected chi connectivity index (χ1v) is 7.09. The van der Waals surface area contributed by atoms with Crippen LogP contribution in [0.25, 0.3) is 0 Å². The summed E-state index contributed by atoms with van der Waals surface area (Å²) < 4.78 is 37.9. The molecule has 1 aliphatic heterocycles. The smallest absolute Gasteiger partial charge is 0.385 e. The summed E-state index contributed by atoms with van der Waals surface area (Å²) in [5, 5.41) is 11.9. The third-order valence-corrected chi connectivity index (χ3v) is 4.30. The molecule has 1 aliphatic rings. The summed E-state index contributed by atoms with van der Waals surface area (Å²) in [4.78, 5) is 0. The Morgan fingerprint density at radius 1 is 1.42 bits per heavy atom. The minimum atomic E-state index is -4.48. The molecular formula is C13H13F3N2S. The van der Waals surface area contributed by atoms with Crippen LogP contribution in [-0.4, -0.2) is 18.1 Å². The van der Waals surface area contributed by atoms with Crippen molar-refractivity contribution >= 4 is 17.4 Å². The van der Waals surface area contributed by atoms with Crippen molar-refractivity contribution in [3.63, 3.8) is 0 Å². The molecule has 0 amide bonds. The molecule has 2 nitrogen and oxygen atoms in total. The van der Waals surface area contributed by atoms with Gasteiger partial charge in [-0.2, -0.15) is 30.2 Å². The zero-order valence-electron chi connectivity index (χ0n) is 10.1. The monoisotopic (exact) mass is 286 g/mol. The van der Waals surface area contributed by atoms with Crippen molar-refractivity contribution in [2.24, 2.45) is 5.92 Å². The molecule has 102 valence electrons. The van der Waals surface area contributed by atoms with Crippen LogP contribution in [0.4, 0.5) is 18.9 Å². The molecule has 0 spiro atoms. The molecule has 1 atom stereocenters. The van der Waals surface area contributed by atoms with Crippen LogP contribution < -0.4 is 5.32 Å². The van der Waals surface area contributed by atoms with Gasteiger partial charge < -0.3 is 5.32 Å². The summed E-state index contributed by atoms with van der Waals surface area (Å²) in [6.45, 7) is 0.739. The molecule has 1 heterocycles. The van der Waals surface area contributed by atoms with Gasteiger partial charge in [0.05, 0.1) is 17.2 Å². The predicted molar refractivity (Wildman–Crippen MR) is 70.1 cm³/mol. The number of halogens is 3. The number of anilines is 1. The second kappa shape index (κ2) is 5.74. The zero-order chi connectivity index (χ0) is 13.9. The zero-order valence-corrected chi connectivity index (χ0v) is 10.9. The topological polar surface area (TPSA) is 35.8 Å². The highest BCUT2D eigenvalue weighted by atomic mass is 32.2. The van der Waals surface area contributed by atoms with Crippen LogP contribution in [0.1, 0.15) is 17.5 Å². The molecule has 1 aromatic rings. The van der Waals surface area contributed by atoms with Gasteiger partial charge in [-0.05, 0) is 42.0 Å². The SMILES string of the molecule is N#Cc1cc(NCC2CCSC2)ccc1C(F)(F)F. The number of thioether (sulfide) groups is 1. The highest BCUT2D eigenvalue weighted by Gasteiger charge is 2.33. The number of alkyl halides is 3. The van der Waals surface area contributed by atoms with Crippen molar-refractivity contribution in [2.45, 2.75) is 12.6 Å². The third kappa shape index (κ3) is 3.57. The van der Waals surface area contributed by atoms with Crippen LogP contribution in [-0.2, 0) is 6.18 Å². The van der Waals surface area contributed by atoms with E-state index in [1.807, 2.05) is 11.8 Å². The quantitative estimate of drug-likeness (QED) is 0.919. The van der Waals surface area contributed by atoms with Crippen LogP contribution in [0.5, 0.6) is 0 Å². The first kappa shape index (κ1) is 14.1. The standard InChI is InChI=1S/C13H13F3N2S/c14-13(15,16)12-2-1-11(5-10(12)6-17)18-7-9-3-4-19-8-9/h1-2,5,9,18H,3-4,7-8H2. The van der Waals surface area contributed by atoms with Gasteiger partial charge in [0.25, 0.3) is 0 Å². The molecule has 1 N–H and O–H groups in total. The van der Waals surface area contributed by atoms with Gasteiger partial charge in [-0.15, -0.1) is 0 Å². The van der Waals surface area contributed by atoms with Gasteiger partial charge in [0.2, 0.25) is 0 Å². The fourth-order valence-electron chi connectivity index (χ4n) is 2.00. The van der Waals surface area contributed by atoms with Crippen LogP contribution >= 0.6 is 11.8 Å². The van der Waals surface area contributed by atoms with Gasteiger partial charge in [-0.1, -0.05) is 0 Å². The van der Waals surface area contributed by atoms with E-state index in [1.165, 1.54) is 12.1 Å². The number of hydrogen-bond donors (Lipinski definition) is 1. The van der Waals surface area contributed by atoms with Crippen LogP contribution in [0.3, 0.4) is 0 Å². The summed E-state index contributed by atoms with van der Waals surface area (Å²) in [5.74, 6) is 2.78. The average molecular weight is 286 g/mol. The van der Waals surface area contributed by atoms with Crippen molar-refractivity contribution in [1.29, 1.82) is 5.26 Å². The molecule has 19 heavy (non-hydrogen) atoms. The van der Waals surface area contributed by atoms with E-state index in [9.17, 15) is 13.2 Å². The van der Waals surface area contributed by atoms with Gasteiger partial charge in [0.15, 0.2) is 0 Å². The van der Waals surface area contributed by atoms with Crippen molar-refractivity contribution in [3.8, 4) is 6.07 Å². The molecular weight excluding hydrogens is 273 g/mol. The Bertz CT molecular complexity index is 488. The Balaban J connectivity index is 2.08. The van der Waals surface area contributed by atoms with E-state index in [2.05, 4.69) is 5.32 Å². The van der Waals surface area contributed by atoms with Crippen molar-refractivity contribution in [2.75, 3.05) is 23.4 Å². The van der Waals surface area contributed by atoms with Gasteiger partial charge in [0, 0.05) is 12.2 Å². The van der Waals surface area contributed by atoms with E-state index in [0.29, 0.717) is 11.6 Å². The highest BCUT2D eigenvalue weighted by Crippen LogP contribution is 2.33. The summed E-state index contributed by atoms with van der Waals surface area (Å²) in [5.41, 5.74) is -0.642. The normalized spacial score (nSPS) is 19.2. The summed E-state index contributed by atoms with van der Waals surface area (Å²) >= 11 is 1.89. The lowest BCUT2D eigenvalue weighted by Crippen LogP contribution is -2.14. The molecule has 1 unspecified atom stereocenters. The van der Waals surface area contributed by atoms with Crippen molar-refractivity contribution < 1.29 is 13.2 Å². The fraction of sp³-hybridized carbons (Fsp3) is 0.462. The summed E-state index contributed by atoms with van der Waals surface area (Å²) in [7, 11) is 0. The van der Waals surface area contributed by atoms with Gasteiger partial charge in [-0.25, -0.2) is 0 Å². The second-order valence-corrected chi connectivity index (χ2v) is 5.63. The molecule has 0 bridgehead atoms. The Morgan fingerprint density at radius 3 is 2.79 bits per heavy atom. The van der Waals surface area contributed by atoms with Crippen LogP contribution in [0.15, 0.2) is 18.2 Å². The van der Waals surface area contributed by atoms with Crippen molar-refractivity contribution in [3.05, 3.63) is 29.3 Å². The lowest BCUT2D eigenvalue weighted by atomic mass is 10.1. The third-order valence-electron chi connectivity index (χ3n) is 3.06. The van der Waals surface area contributed by atoms with E-state index < -0.39 is 11.7 Å². The number of nitrogens with one attached hydrogen (secondary N) is 1. The maximum atomic E-state index is 12.6. The van der Waals surface area contributed by atoms with Gasteiger partial charge >= 0.3 is 6.18 Å². The Morgan fingerprint density at radius 2 is 2.21 bits per heavy atom. The fourth-order valence-corrected chi connectivity index (χ4v) is 3.28. The number of nitrogens with zero attached hydrogens (tertiary/aromatic N) is 1. The van der Waals surface area contributed by atoms with E-state index in [-0.39, 0.29) is 5.56 Å².